The van der Waals surface area contributed by atoms with Crippen molar-refractivity contribution in [2.75, 3.05) is 0 Å². The molecule has 0 aliphatic heterocycles. The van der Waals surface area contributed by atoms with Gasteiger partial charge in [0.15, 0.2) is 0 Å². The molecule has 0 heterocycles. The van der Waals surface area contributed by atoms with Crippen molar-refractivity contribution in [1.29, 1.82) is 0 Å². The molecular formula is C14H21NO3. The molecule has 4 nitrogen and oxygen atoms in total. The van der Waals surface area contributed by atoms with E-state index in [0.29, 0.717) is 0 Å². The summed E-state index contributed by atoms with van der Waals surface area (Å²) in [5.41, 5.74) is 0.935. The van der Waals surface area contributed by atoms with E-state index in [1.54, 1.807) is 6.92 Å². The van der Waals surface area contributed by atoms with Crippen molar-refractivity contribution in [2.45, 2.75) is 39.5 Å². The highest BCUT2D eigenvalue weighted by molar-refractivity contribution is 5.67. The third kappa shape index (κ3) is 4.75. The van der Waals surface area contributed by atoms with Crippen LogP contribution in [-0.4, -0.2) is 23.3 Å². The first-order valence-corrected chi connectivity index (χ1v) is 6.16. The third-order valence-corrected chi connectivity index (χ3v) is 2.75. The van der Waals surface area contributed by atoms with Gasteiger partial charge < -0.3 is 15.2 Å². The van der Waals surface area contributed by atoms with E-state index >= 15 is 0 Å². The Balaban J connectivity index is 2.34. The second-order valence-electron chi connectivity index (χ2n) is 4.73. The highest BCUT2D eigenvalue weighted by atomic mass is 16.5. The van der Waals surface area contributed by atoms with Crippen LogP contribution in [0.2, 0.25) is 0 Å². The molecule has 0 aliphatic carbocycles. The van der Waals surface area contributed by atoms with Gasteiger partial charge >= 0.3 is 6.09 Å². The molecule has 0 radical (unpaired) electrons. The zero-order chi connectivity index (χ0) is 13.5. The summed E-state index contributed by atoms with van der Waals surface area (Å²) in [5, 5.41) is 12.4. The number of aliphatic hydroxyl groups is 1. The standard InChI is InChI=1S/C14H21NO3/c1-10(2)13(16)11(3)15-14(17)18-9-12-7-5-4-6-8-12/h4-8,10-11,13,16H,9H2,1-3H3,(H,15,17). The second-order valence-corrected chi connectivity index (χ2v) is 4.73. The van der Waals surface area contributed by atoms with Gasteiger partial charge in [-0.1, -0.05) is 44.2 Å². The first kappa shape index (κ1) is 14.5. The number of nitrogens with one attached hydrogen (secondary N) is 1. The van der Waals surface area contributed by atoms with Gasteiger partial charge in [0.2, 0.25) is 0 Å². The average Bonchev–Trinajstić information content (AvgIpc) is 2.36. The lowest BCUT2D eigenvalue weighted by molar-refractivity contribution is 0.0789. The normalized spacial score (nSPS) is 14.1. The van der Waals surface area contributed by atoms with Gasteiger partial charge in [0.1, 0.15) is 6.61 Å². The third-order valence-electron chi connectivity index (χ3n) is 2.75. The molecule has 2 N–H and O–H groups in total. The van der Waals surface area contributed by atoms with Crippen LogP contribution < -0.4 is 5.32 Å². The minimum absolute atomic E-state index is 0.0921. The lowest BCUT2D eigenvalue weighted by Crippen LogP contribution is -2.43. The Bertz CT molecular complexity index is 365. The number of benzene rings is 1. The molecule has 1 amide bonds. The molecule has 0 fully saturated rings. The van der Waals surface area contributed by atoms with E-state index in [-0.39, 0.29) is 18.6 Å². The molecule has 0 saturated carbocycles. The van der Waals surface area contributed by atoms with Gasteiger partial charge in [-0.2, -0.15) is 0 Å². The SMILES string of the molecule is CC(C)C(O)C(C)NC(=O)OCc1ccccc1. The maximum Gasteiger partial charge on any atom is 0.407 e. The summed E-state index contributed by atoms with van der Waals surface area (Å²) in [4.78, 5) is 11.5. The van der Waals surface area contributed by atoms with Gasteiger partial charge in [-0.25, -0.2) is 4.79 Å². The first-order chi connectivity index (χ1) is 8.50. The number of alkyl carbamates (subject to hydrolysis) is 1. The molecule has 1 aromatic rings. The summed E-state index contributed by atoms with van der Waals surface area (Å²) in [6.07, 6.45) is -1.08. The molecule has 0 aliphatic rings. The molecule has 18 heavy (non-hydrogen) atoms. The van der Waals surface area contributed by atoms with Crippen LogP contribution in [0.15, 0.2) is 30.3 Å². The molecule has 0 aromatic heterocycles. The number of aliphatic hydroxyl groups excluding tert-OH is 1. The molecule has 1 rings (SSSR count). The number of hydrogen-bond acceptors (Lipinski definition) is 3. The monoisotopic (exact) mass is 251 g/mol. The lowest BCUT2D eigenvalue weighted by Gasteiger charge is -2.22. The summed E-state index contributed by atoms with van der Waals surface area (Å²) in [7, 11) is 0. The number of carbonyl (C=O) groups excluding carboxylic acids is 1. The molecular weight excluding hydrogens is 230 g/mol. The first-order valence-electron chi connectivity index (χ1n) is 6.16. The average molecular weight is 251 g/mol. The van der Waals surface area contributed by atoms with Gasteiger partial charge in [0.05, 0.1) is 12.1 Å². The zero-order valence-corrected chi connectivity index (χ0v) is 11.1. The smallest absolute Gasteiger partial charge is 0.407 e. The maximum absolute atomic E-state index is 11.5. The van der Waals surface area contributed by atoms with Crippen molar-refractivity contribution in [1.82, 2.24) is 5.32 Å². The van der Waals surface area contributed by atoms with Gasteiger partial charge in [-0.3, -0.25) is 0 Å². The fourth-order valence-corrected chi connectivity index (χ4v) is 1.61. The van der Waals surface area contributed by atoms with Crippen LogP contribution >= 0.6 is 0 Å². The highest BCUT2D eigenvalue weighted by Crippen LogP contribution is 2.06. The minimum Gasteiger partial charge on any atom is -0.445 e. The number of amides is 1. The molecule has 2 unspecified atom stereocenters. The van der Waals surface area contributed by atoms with Gasteiger partial charge in [0, 0.05) is 0 Å². The number of ether oxygens (including phenoxy) is 1. The Morgan fingerprint density at radius 2 is 1.89 bits per heavy atom. The number of rotatable bonds is 5. The summed E-state index contributed by atoms with van der Waals surface area (Å²) in [6, 6.07) is 9.14. The van der Waals surface area contributed by atoms with Crippen LogP contribution in [-0.2, 0) is 11.3 Å². The summed E-state index contributed by atoms with van der Waals surface area (Å²) in [5.74, 6) is 0.0921. The van der Waals surface area contributed by atoms with Crippen molar-refractivity contribution in [3.05, 3.63) is 35.9 Å². The van der Waals surface area contributed by atoms with Gasteiger partial charge in [-0.15, -0.1) is 0 Å². The van der Waals surface area contributed by atoms with E-state index in [1.165, 1.54) is 0 Å². The zero-order valence-electron chi connectivity index (χ0n) is 11.1. The molecule has 4 heteroatoms. The Hall–Kier alpha value is -1.55. The van der Waals surface area contributed by atoms with Crippen LogP contribution in [0, 0.1) is 5.92 Å². The minimum atomic E-state index is -0.575. The van der Waals surface area contributed by atoms with E-state index < -0.39 is 12.2 Å². The van der Waals surface area contributed by atoms with Crippen molar-refractivity contribution in [3.63, 3.8) is 0 Å². The predicted molar refractivity (Wildman–Crippen MR) is 70.1 cm³/mol. The predicted octanol–water partition coefficient (Wildman–Crippen LogP) is 2.32. The fourth-order valence-electron chi connectivity index (χ4n) is 1.61. The Morgan fingerprint density at radius 1 is 1.28 bits per heavy atom. The van der Waals surface area contributed by atoms with Crippen LogP contribution in [0.1, 0.15) is 26.3 Å². The summed E-state index contributed by atoms with van der Waals surface area (Å²) >= 11 is 0. The van der Waals surface area contributed by atoms with Crippen molar-refractivity contribution in [3.8, 4) is 0 Å². The Morgan fingerprint density at radius 3 is 2.44 bits per heavy atom. The summed E-state index contributed by atoms with van der Waals surface area (Å²) < 4.78 is 5.07. The van der Waals surface area contributed by atoms with Crippen molar-refractivity contribution in [2.24, 2.45) is 5.92 Å². The molecule has 0 bridgehead atoms. The summed E-state index contributed by atoms with van der Waals surface area (Å²) in [6.45, 7) is 5.79. The van der Waals surface area contributed by atoms with E-state index in [9.17, 15) is 9.90 Å². The highest BCUT2D eigenvalue weighted by Gasteiger charge is 2.19. The van der Waals surface area contributed by atoms with E-state index in [1.807, 2.05) is 44.2 Å². The van der Waals surface area contributed by atoms with Crippen molar-refractivity contribution < 1.29 is 14.6 Å². The van der Waals surface area contributed by atoms with E-state index in [0.717, 1.165) is 5.56 Å². The van der Waals surface area contributed by atoms with Gasteiger partial charge in [0.25, 0.3) is 0 Å². The topological polar surface area (TPSA) is 58.6 Å². The molecule has 100 valence electrons. The Labute approximate surface area is 108 Å². The van der Waals surface area contributed by atoms with Crippen LogP contribution in [0.25, 0.3) is 0 Å². The second kappa shape index (κ2) is 7.01. The van der Waals surface area contributed by atoms with Crippen LogP contribution in [0.4, 0.5) is 4.79 Å². The molecule has 0 saturated heterocycles. The molecule has 0 spiro atoms. The van der Waals surface area contributed by atoms with Gasteiger partial charge in [-0.05, 0) is 18.4 Å². The Kier molecular flexibility index (Phi) is 5.65. The lowest BCUT2D eigenvalue weighted by atomic mass is 10.0. The largest absolute Gasteiger partial charge is 0.445 e. The molecule has 2 atom stereocenters. The molecule has 1 aromatic carbocycles. The number of carbonyl (C=O) groups is 1. The number of hydrogen-bond donors (Lipinski definition) is 2. The quantitative estimate of drug-likeness (QED) is 0.844. The van der Waals surface area contributed by atoms with Crippen LogP contribution in [0.3, 0.4) is 0 Å². The van der Waals surface area contributed by atoms with E-state index in [2.05, 4.69) is 5.32 Å². The van der Waals surface area contributed by atoms with E-state index in [4.69, 9.17) is 4.74 Å². The van der Waals surface area contributed by atoms with Crippen molar-refractivity contribution >= 4 is 6.09 Å². The fraction of sp³-hybridized carbons (Fsp3) is 0.500. The maximum atomic E-state index is 11.5. The van der Waals surface area contributed by atoms with Crippen LogP contribution in [0.5, 0.6) is 0 Å².